The number of para-hydroxylation sites is 1. The standard InChI is InChI=1S/C20H19NO4S/c1-24-15-9-7-13(17(12-15)25-2)11-14(8-10-19(22)23)20-21-16-5-3-4-6-18(16)26-20/h3-7,9,11-12H,8,10H2,1-2H3,(H,22,23)/b14-11+. The van der Waals surface area contributed by atoms with Gasteiger partial charge in [0.15, 0.2) is 0 Å². The average Bonchev–Trinajstić information content (AvgIpc) is 3.09. The summed E-state index contributed by atoms with van der Waals surface area (Å²) in [5.74, 6) is 0.531. The molecule has 1 heterocycles. The fourth-order valence-corrected chi connectivity index (χ4v) is 3.63. The van der Waals surface area contributed by atoms with Gasteiger partial charge in [0.25, 0.3) is 0 Å². The number of fused-ring (bicyclic) bond motifs is 1. The second-order valence-corrected chi connectivity index (χ2v) is 6.69. The molecule has 0 aliphatic carbocycles. The van der Waals surface area contributed by atoms with Crippen LogP contribution in [0.5, 0.6) is 11.5 Å². The zero-order valence-corrected chi connectivity index (χ0v) is 15.4. The molecule has 26 heavy (non-hydrogen) atoms. The summed E-state index contributed by atoms with van der Waals surface area (Å²) in [6.07, 6.45) is 2.38. The summed E-state index contributed by atoms with van der Waals surface area (Å²) in [4.78, 5) is 15.7. The second-order valence-electron chi connectivity index (χ2n) is 5.66. The molecule has 1 aromatic heterocycles. The Morgan fingerprint density at radius 3 is 2.65 bits per heavy atom. The Kier molecular flexibility index (Phi) is 5.53. The number of thiazole rings is 1. The number of hydrogen-bond donors (Lipinski definition) is 1. The number of benzene rings is 2. The van der Waals surface area contributed by atoms with Gasteiger partial charge in [-0.1, -0.05) is 12.1 Å². The zero-order valence-electron chi connectivity index (χ0n) is 14.6. The number of methoxy groups -OCH3 is 2. The van der Waals surface area contributed by atoms with Gasteiger partial charge in [0.2, 0.25) is 0 Å². The monoisotopic (exact) mass is 369 g/mol. The topological polar surface area (TPSA) is 68.7 Å². The molecule has 0 aliphatic rings. The highest BCUT2D eigenvalue weighted by molar-refractivity contribution is 7.19. The van der Waals surface area contributed by atoms with Gasteiger partial charge < -0.3 is 14.6 Å². The molecule has 0 spiro atoms. The third-order valence-corrected chi connectivity index (χ3v) is 5.06. The van der Waals surface area contributed by atoms with Crippen LogP contribution in [0.15, 0.2) is 42.5 Å². The van der Waals surface area contributed by atoms with Crippen LogP contribution in [0, 0.1) is 0 Å². The number of ether oxygens (including phenoxy) is 2. The van der Waals surface area contributed by atoms with E-state index in [2.05, 4.69) is 4.98 Å². The van der Waals surface area contributed by atoms with E-state index in [-0.39, 0.29) is 6.42 Å². The molecule has 0 atom stereocenters. The van der Waals surface area contributed by atoms with Crippen molar-refractivity contribution in [3.05, 3.63) is 53.0 Å². The van der Waals surface area contributed by atoms with Crippen LogP contribution in [0.25, 0.3) is 21.9 Å². The largest absolute Gasteiger partial charge is 0.497 e. The van der Waals surface area contributed by atoms with Gasteiger partial charge in [-0.15, -0.1) is 11.3 Å². The zero-order chi connectivity index (χ0) is 18.5. The number of nitrogens with zero attached hydrogens (tertiary/aromatic N) is 1. The number of rotatable bonds is 7. The molecule has 0 saturated carbocycles. The van der Waals surface area contributed by atoms with Crippen LogP contribution in [-0.4, -0.2) is 30.3 Å². The average molecular weight is 369 g/mol. The minimum atomic E-state index is -0.835. The summed E-state index contributed by atoms with van der Waals surface area (Å²) in [5.41, 5.74) is 2.64. The van der Waals surface area contributed by atoms with Crippen molar-refractivity contribution in [2.45, 2.75) is 12.8 Å². The lowest BCUT2D eigenvalue weighted by Gasteiger charge is -2.09. The van der Waals surface area contributed by atoms with E-state index in [0.29, 0.717) is 17.9 Å². The van der Waals surface area contributed by atoms with E-state index >= 15 is 0 Å². The van der Waals surface area contributed by atoms with Crippen LogP contribution in [-0.2, 0) is 4.79 Å². The van der Waals surface area contributed by atoms with Gasteiger partial charge in [-0.3, -0.25) is 4.79 Å². The predicted octanol–water partition coefficient (Wildman–Crippen LogP) is 4.72. The number of allylic oxidation sites excluding steroid dienone is 1. The van der Waals surface area contributed by atoms with Crippen molar-refractivity contribution in [1.29, 1.82) is 0 Å². The third-order valence-electron chi connectivity index (χ3n) is 3.95. The van der Waals surface area contributed by atoms with Gasteiger partial charge in [-0.25, -0.2) is 4.98 Å². The maximum atomic E-state index is 11.1. The molecule has 0 bridgehead atoms. The minimum Gasteiger partial charge on any atom is -0.497 e. The van der Waals surface area contributed by atoms with Gasteiger partial charge >= 0.3 is 5.97 Å². The lowest BCUT2D eigenvalue weighted by molar-refractivity contribution is -0.136. The Bertz CT molecular complexity index is 928. The number of aliphatic carboxylic acids is 1. The molecule has 0 radical (unpaired) electrons. The van der Waals surface area contributed by atoms with Crippen LogP contribution >= 0.6 is 11.3 Å². The Morgan fingerprint density at radius 2 is 1.96 bits per heavy atom. The van der Waals surface area contributed by atoms with Gasteiger partial charge in [-0.05, 0) is 42.3 Å². The van der Waals surface area contributed by atoms with Crippen molar-refractivity contribution in [1.82, 2.24) is 4.98 Å². The Morgan fingerprint density at radius 1 is 1.15 bits per heavy atom. The number of hydrogen-bond acceptors (Lipinski definition) is 5. The maximum absolute atomic E-state index is 11.1. The van der Waals surface area contributed by atoms with E-state index in [1.54, 1.807) is 31.6 Å². The number of carbonyl (C=O) groups is 1. The molecule has 0 aliphatic heterocycles. The van der Waals surface area contributed by atoms with Gasteiger partial charge in [0, 0.05) is 18.1 Å². The fraction of sp³-hybridized carbons (Fsp3) is 0.200. The Hall–Kier alpha value is -2.86. The highest BCUT2D eigenvalue weighted by atomic mass is 32.1. The molecule has 1 N–H and O–H groups in total. The summed E-state index contributed by atoms with van der Waals surface area (Å²) in [7, 11) is 3.20. The molecule has 0 unspecified atom stereocenters. The first kappa shape index (κ1) is 17.9. The first-order chi connectivity index (χ1) is 12.6. The van der Waals surface area contributed by atoms with Crippen LogP contribution in [0.2, 0.25) is 0 Å². The first-order valence-corrected chi connectivity index (χ1v) is 8.92. The third kappa shape index (κ3) is 4.03. The SMILES string of the molecule is COc1ccc(/C=C(\CCC(=O)O)c2nc3ccccc3s2)c(OC)c1. The van der Waals surface area contributed by atoms with Crippen molar-refractivity contribution < 1.29 is 19.4 Å². The van der Waals surface area contributed by atoms with Gasteiger partial charge in [0.1, 0.15) is 16.5 Å². The lowest BCUT2D eigenvalue weighted by Crippen LogP contribution is -1.96. The lowest BCUT2D eigenvalue weighted by atomic mass is 10.1. The van der Waals surface area contributed by atoms with E-state index in [1.807, 2.05) is 42.5 Å². The number of carboxylic acids is 1. The van der Waals surface area contributed by atoms with E-state index in [0.717, 1.165) is 26.4 Å². The molecule has 0 saturated heterocycles. The van der Waals surface area contributed by atoms with Crippen LogP contribution in [0.4, 0.5) is 0 Å². The minimum absolute atomic E-state index is 0.0419. The van der Waals surface area contributed by atoms with E-state index < -0.39 is 5.97 Å². The summed E-state index contributed by atoms with van der Waals surface area (Å²) in [6, 6.07) is 13.4. The van der Waals surface area contributed by atoms with Crippen LogP contribution in [0.3, 0.4) is 0 Å². The molecular formula is C20H19NO4S. The molecule has 5 nitrogen and oxygen atoms in total. The molecule has 0 fully saturated rings. The molecule has 3 rings (SSSR count). The molecule has 0 amide bonds. The van der Waals surface area contributed by atoms with E-state index in [4.69, 9.17) is 14.6 Å². The van der Waals surface area contributed by atoms with Crippen molar-refractivity contribution in [3.8, 4) is 11.5 Å². The highest BCUT2D eigenvalue weighted by Crippen LogP contribution is 2.33. The Balaban J connectivity index is 2.05. The van der Waals surface area contributed by atoms with Gasteiger partial charge in [-0.2, -0.15) is 0 Å². The number of carboxylic acid groups (broad SMARTS) is 1. The Labute approximate surface area is 155 Å². The van der Waals surface area contributed by atoms with Crippen molar-refractivity contribution in [2.24, 2.45) is 0 Å². The highest BCUT2D eigenvalue weighted by Gasteiger charge is 2.13. The summed E-state index contributed by atoms with van der Waals surface area (Å²) in [6.45, 7) is 0. The molecule has 134 valence electrons. The fourth-order valence-electron chi connectivity index (χ4n) is 2.62. The van der Waals surface area contributed by atoms with E-state index in [1.165, 1.54) is 0 Å². The predicted molar refractivity (Wildman–Crippen MR) is 104 cm³/mol. The van der Waals surface area contributed by atoms with E-state index in [9.17, 15) is 4.79 Å². The summed E-state index contributed by atoms with van der Waals surface area (Å²) < 4.78 is 11.8. The van der Waals surface area contributed by atoms with Crippen LogP contribution < -0.4 is 9.47 Å². The molecule has 6 heteroatoms. The maximum Gasteiger partial charge on any atom is 0.303 e. The smallest absolute Gasteiger partial charge is 0.303 e. The van der Waals surface area contributed by atoms with Crippen LogP contribution in [0.1, 0.15) is 23.4 Å². The number of aromatic nitrogens is 1. The first-order valence-electron chi connectivity index (χ1n) is 8.11. The summed E-state index contributed by atoms with van der Waals surface area (Å²) in [5, 5.41) is 9.92. The molecule has 2 aromatic carbocycles. The van der Waals surface area contributed by atoms with Crippen molar-refractivity contribution in [3.63, 3.8) is 0 Å². The molecule has 3 aromatic rings. The normalized spacial score (nSPS) is 11.5. The molecular weight excluding hydrogens is 350 g/mol. The quantitative estimate of drug-likeness (QED) is 0.653. The second kappa shape index (κ2) is 8.01. The van der Waals surface area contributed by atoms with Crippen molar-refractivity contribution >= 4 is 39.2 Å². The summed E-state index contributed by atoms with van der Waals surface area (Å²) >= 11 is 1.56. The van der Waals surface area contributed by atoms with Crippen molar-refractivity contribution in [2.75, 3.05) is 14.2 Å². The van der Waals surface area contributed by atoms with Gasteiger partial charge in [0.05, 0.1) is 24.4 Å².